The molecule has 0 saturated heterocycles. The topological polar surface area (TPSA) is 97.3 Å². The highest BCUT2D eigenvalue weighted by atomic mass is 35.5. The van der Waals surface area contributed by atoms with Crippen molar-refractivity contribution in [3.63, 3.8) is 0 Å². The van der Waals surface area contributed by atoms with Crippen LogP contribution >= 0.6 is 23.2 Å². The van der Waals surface area contributed by atoms with E-state index in [2.05, 4.69) is 5.32 Å². The van der Waals surface area contributed by atoms with Crippen LogP contribution < -0.4 is 11.1 Å². The van der Waals surface area contributed by atoms with Gasteiger partial charge in [0.05, 0.1) is 16.2 Å². The van der Waals surface area contributed by atoms with Crippen LogP contribution in [-0.4, -0.2) is 21.6 Å². The first-order valence-corrected chi connectivity index (χ1v) is 7.54. The number of carbonyl (C=O) groups excluding carboxylic acids is 2. The fourth-order valence-electron chi connectivity index (χ4n) is 2.45. The van der Waals surface area contributed by atoms with Crippen molar-refractivity contribution in [1.82, 2.24) is 4.57 Å². The quantitative estimate of drug-likeness (QED) is 0.645. The van der Waals surface area contributed by atoms with Crippen molar-refractivity contribution in [1.29, 1.82) is 0 Å². The molecule has 3 aromatic rings. The monoisotopic (exact) mass is 363 g/mol. The Morgan fingerprint density at radius 3 is 2.50 bits per heavy atom. The van der Waals surface area contributed by atoms with E-state index in [9.17, 15) is 14.7 Å². The lowest BCUT2D eigenvalue weighted by Crippen LogP contribution is -2.19. The molecule has 0 aliphatic carbocycles. The van der Waals surface area contributed by atoms with Gasteiger partial charge in [-0.15, -0.1) is 0 Å². The van der Waals surface area contributed by atoms with Gasteiger partial charge >= 0.3 is 6.03 Å². The second-order valence-corrected chi connectivity index (χ2v) is 5.81. The third-order valence-electron chi connectivity index (χ3n) is 3.48. The third-order valence-corrected chi connectivity index (χ3v) is 4.02. The maximum Gasteiger partial charge on any atom is 0.326 e. The predicted molar refractivity (Wildman–Crippen MR) is 93.0 cm³/mol. The molecule has 2 amide bonds. The van der Waals surface area contributed by atoms with Gasteiger partial charge in [-0.3, -0.25) is 4.79 Å². The number of aromatic nitrogens is 1. The molecule has 24 heavy (non-hydrogen) atoms. The van der Waals surface area contributed by atoms with Gasteiger partial charge in [0.15, 0.2) is 0 Å². The molecule has 6 nitrogen and oxygen atoms in total. The first-order chi connectivity index (χ1) is 11.4. The summed E-state index contributed by atoms with van der Waals surface area (Å²) in [5, 5.41) is 13.9. The van der Waals surface area contributed by atoms with Crippen molar-refractivity contribution >= 4 is 51.7 Å². The lowest BCUT2D eigenvalue weighted by molar-refractivity contribution is 0.102. The molecule has 2 aromatic carbocycles. The summed E-state index contributed by atoms with van der Waals surface area (Å²) in [4.78, 5) is 24.2. The van der Waals surface area contributed by atoms with Crippen molar-refractivity contribution in [3.05, 3.63) is 58.1 Å². The molecule has 0 bridgehead atoms. The van der Waals surface area contributed by atoms with Crippen LogP contribution in [0.15, 0.2) is 42.5 Å². The number of hydrogen-bond donors (Lipinski definition) is 3. The molecule has 0 aliphatic heterocycles. The minimum atomic E-state index is -0.896. The summed E-state index contributed by atoms with van der Waals surface area (Å²) in [7, 11) is 0. The zero-order chi connectivity index (χ0) is 17.4. The molecule has 122 valence electrons. The molecule has 3 rings (SSSR count). The van der Waals surface area contributed by atoms with Gasteiger partial charge in [-0.1, -0.05) is 41.4 Å². The first-order valence-electron chi connectivity index (χ1n) is 6.78. The van der Waals surface area contributed by atoms with Gasteiger partial charge in [0.1, 0.15) is 5.56 Å². The standard InChI is InChI=1S/C16H11Cl2N3O3/c17-8-5-6-11(10(18)7-8)20-14(22)13-9-3-1-2-4-12(9)21(15(13)23)16(19)24/h1-7,23H,(H2,19,24)(H,20,22). The van der Waals surface area contributed by atoms with Crippen molar-refractivity contribution in [2.45, 2.75) is 0 Å². The maximum atomic E-state index is 12.6. The van der Waals surface area contributed by atoms with Crippen LogP contribution in [0.2, 0.25) is 10.0 Å². The van der Waals surface area contributed by atoms with Crippen molar-refractivity contribution in [2.24, 2.45) is 5.73 Å². The van der Waals surface area contributed by atoms with E-state index >= 15 is 0 Å². The number of para-hydroxylation sites is 1. The van der Waals surface area contributed by atoms with E-state index in [1.54, 1.807) is 30.3 Å². The molecule has 1 heterocycles. The van der Waals surface area contributed by atoms with Crippen LogP contribution in [0.3, 0.4) is 0 Å². The van der Waals surface area contributed by atoms with Crippen LogP contribution in [0.1, 0.15) is 10.4 Å². The van der Waals surface area contributed by atoms with E-state index in [1.807, 2.05) is 0 Å². The van der Waals surface area contributed by atoms with E-state index < -0.39 is 17.8 Å². The number of aromatic hydroxyl groups is 1. The average molecular weight is 364 g/mol. The van der Waals surface area contributed by atoms with Crippen LogP contribution in [0.25, 0.3) is 10.9 Å². The Morgan fingerprint density at radius 2 is 1.83 bits per heavy atom. The van der Waals surface area contributed by atoms with Crippen LogP contribution in [-0.2, 0) is 0 Å². The lowest BCUT2D eigenvalue weighted by atomic mass is 10.1. The van der Waals surface area contributed by atoms with Crippen LogP contribution in [0.4, 0.5) is 10.5 Å². The number of carbonyl (C=O) groups is 2. The van der Waals surface area contributed by atoms with Crippen LogP contribution in [0, 0.1) is 0 Å². The average Bonchev–Trinajstić information content (AvgIpc) is 2.82. The number of nitrogens with two attached hydrogens (primary N) is 1. The van der Waals surface area contributed by atoms with Gasteiger partial charge in [-0.05, 0) is 24.3 Å². The summed E-state index contributed by atoms with van der Waals surface area (Å²) in [6.07, 6.45) is 0. The minimum Gasteiger partial charge on any atom is -0.494 e. The molecule has 1 aromatic heterocycles. The summed E-state index contributed by atoms with van der Waals surface area (Å²) in [5.74, 6) is -1.17. The van der Waals surface area contributed by atoms with Crippen molar-refractivity contribution in [2.75, 3.05) is 5.32 Å². The number of benzene rings is 2. The second kappa shape index (κ2) is 6.07. The molecule has 0 unspecified atom stereocenters. The van der Waals surface area contributed by atoms with Gasteiger partial charge in [-0.25, -0.2) is 9.36 Å². The van der Waals surface area contributed by atoms with Gasteiger partial charge in [0.2, 0.25) is 5.88 Å². The number of rotatable bonds is 2. The number of nitrogens with one attached hydrogen (secondary N) is 1. The van der Waals surface area contributed by atoms with Gasteiger partial charge < -0.3 is 16.2 Å². The zero-order valence-electron chi connectivity index (χ0n) is 12.1. The molecule has 0 saturated carbocycles. The second-order valence-electron chi connectivity index (χ2n) is 4.97. The third kappa shape index (κ3) is 2.66. The SMILES string of the molecule is NC(=O)n1c(O)c(C(=O)Nc2ccc(Cl)cc2Cl)c2ccccc21. The number of nitrogens with zero attached hydrogens (tertiary/aromatic N) is 1. The van der Waals surface area contributed by atoms with E-state index in [0.29, 0.717) is 21.6 Å². The molecule has 4 N–H and O–H groups in total. The largest absolute Gasteiger partial charge is 0.494 e. The fraction of sp³-hybridized carbons (Fsp3) is 0. The number of primary amides is 1. The number of hydrogen-bond acceptors (Lipinski definition) is 3. The molecule has 0 atom stereocenters. The Labute approximate surface area is 146 Å². The van der Waals surface area contributed by atoms with Gasteiger partial charge in [0.25, 0.3) is 5.91 Å². The van der Waals surface area contributed by atoms with E-state index in [1.165, 1.54) is 12.1 Å². The van der Waals surface area contributed by atoms with E-state index in [4.69, 9.17) is 28.9 Å². The molecule has 0 spiro atoms. The highest BCUT2D eigenvalue weighted by Crippen LogP contribution is 2.32. The smallest absolute Gasteiger partial charge is 0.326 e. The minimum absolute atomic E-state index is 0.0737. The summed E-state index contributed by atoms with van der Waals surface area (Å²) in [5.41, 5.74) is 5.86. The summed E-state index contributed by atoms with van der Waals surface area (Å²) < 4.78 is 0.869. The predicted octanol–water partition coefficient (Wildman–Crippen LogP) is 3.83. The molecule has 0 aliphatic rings. The highest BCUT2D eigenvalue weighted by molar-refractivity contribution is 6.37. The lowest BCUT2D eigenvalue weighted by Gasteiger charge is -2.07. The summed E-state index contributed by atoms with van der Waals surface area (Å²) in [6.45, 7) is 0. The molecule has 0 fully saturated rings. The highest BCUT2D eigenvalue weighted by Gasteiger charge is 2.24. The fourth-order valence-corrected chi connectivity index (χ4v) is 2.90. The maximum absolute atomic E-state index is 12.6. The zero-order valence-corrected chi connectivity index (χ0v) is 13.6. The van der Waals surface area contributed by atoms with Crippen molar-refractivity contribution in [3.8, 4) is 5.88 Å². The Morgan fingerprint density at radius 1 is 1.12 bits per heavy atom. The summed E-state index contributed by atoms with van der Waals surface area (Å²) >= 11 is 11.9. The summed E-state index contributed by atoms with van der Waals surface area (Å²) in [6, 6.07) is 10.2. The number of halogens is 2. The number of amides is 2. The molecular formula is C16H11Cl2N3O3. The van der Waals surface area contributed by atoms with Crippen LogP contribution in [0.5, 0.6) is 5.88 Å². The molecular weight excluding hydrogens is 353 g/mol. The van der Waals surface area contributed by atoms with Crippen molar-refractivity contribution < 1.29 is 14.7 Å². The van der Waals surface area contributed by atoms with E-state index in [-0.39, 0.29) is 10.6 Å². The van der Waals surface area contributed by atoms with Gasteiger partial charge in [-0.2, -0.15) is 0 Å². The molecule has 8 heteroatoms. The first kappa shape index (κ1) is 16.2. The van der Waals surface area contributed by atoms with E-state index in [0.717, 1.165) is 4.57 Å². The normalized spacial score (nSPS) is 10.8. The molecule has 0 radical (unpaired) electrons. The Bertz CT molecular complexity index is 982. The Kier molecular flexibility index (Phi) is 4.09. The number of anilines is 1. The van der Waals surface area contributed by atoms with Gasteiger partial charge in [0, 0.05) is 10.4 Å². The Balaban J connectivity index is 2.10. The Hall–Kier alpha value is -2.70. The number of fused-ring (bicyclic) bond motifs is 1.